The van der Waals surface area contributed by atoms with Crippen LogP contribution in [0.5, 0.6) is 5.75 Å². The molecule has 3 rings (SSSR count). The van der Waals surface area contributed by atoms with Crippen LogP contribution in [0.4, 0.5) is 5.69 Å². The van der Waals surface area contributed by atoms with Crippen LogP contribution in [-0.4, -0.2) is 19.6 Å². The van der Waals surface area contributed by atoms with E-state index in [1.807, 2.05) is 23.1 Å². The predicted octanol–water partition coefficient (Wildman–Crippen LogP) is 3.55. The number of carbonyl (C=O) groups excluding carboxylic acids is 1. The topological polar surface area (TPSA) is 53.3 Å². The molecule has 116 valence electrons. The molecule has 0 spiro atoms. The van der Waals surface area contributed by atoms with Crippen molar-refractivity contribution in [3.8, 4) is 11.8 Å². The molecule has 0 saturated heterocycles. The highest BCUT2D eigenvalue weighted by Crippen LogP contribution is 2.30. The fourth-order valence-electron chi connectivity index (χ4n) is 2.99. The number of hydrogen-bond donors (Lipinski definition) is 0. The highest BCUT2D eigenvalue weighted by atomic mass is 16.5. The van der Waals surface area contributed by atoms with Crippen LogP contribution in [0, 0.1) is 11.3 Å². The first kappa shape index (κ1) is 15.1. The third-order valence-corrected chi connectivity index (χ3v) is 4.17. The number of methoxy groups -OCH3 is 1. The number of benzene rings is 2. The van der Waals surface area contributed by atoms with Gasteiger partial charge in [0.25, 0.3) is 5.91 Å². The number of nitrogens with zero attached hydrogens (tertiary/aromatic N) is 2. The molecule has 0 unspecified atom stereocenters. The molecule has 2 aromatic carbocycles. The largest absolute Gasteiger partial charge is 0.496 e. The third kappa shape index (κ3) is 2.91. The Labute approximate surface area is 135 Å². The maximum Gasteiger partial charge on any atom is 0.262 e. The maximum atomic E-state index is 13.1. The van der Waals surface area contributed by atoms with Crippen molar-refractivity contribution in [3.63, 3.8) is 0 Å². The van der Waals surface area contributed by atoms with Gasteiger partial charge in [-0.05, 0) is 49.1 Å². The summed E-state index contributed by atoms with van der Waals surface area (Å²) in [6.07, 6.45) is 3.04. The highest BCUT2D eigenvalue weighted by molar-refractivity contribution is 6.08. The molecule has 23 heavy (non-hydrogen) atoms. The van der Waals surface area contributed by atoms with E-state index in [4.69, 9.17) is 10.00 Å². The molecule has 0 bridgehead atoms. The molecule has 1 amide bonds. The number of aryl methyl sites for hydroxylation is 1. The number of rotatable bonds is 2. The van der Waals surface area contributed by atoms with Crippen LogP contribution in [-0.2, 0) is 6.42 Å². The minimum absolute atomic E-state index is 0.0827. The smallest absolute Gasteiger partial charge is 0.262 e. The van der Waals surface area contributed by atoms with Gasteiger partial charge in [0.05, 0.1) is 24.3 Å². The first-order valence-corrected chi connectivity index (χ1v) is 7.72. The normalized spacial score (nSPS) is 13.7. The van der Waals surface area contributed by atoms with Crippen molar-refractivity contribution in [2.75, 3.05) is 18.6 Å². The number of hydrogen-bond acceptors (Lipinski definition) is 3. The van der Waals surface area contributed by atoms with Gasteiger partial charge in [-0.3, -0.25) is 4.79 Å². The molecular weight excluding hydrogens is 288 g/mol. The average molecular weight is 306 g/mol. The van der Waals surface area contributed by atoms with E-state index in [-0.39, 0.29) is 5.91 Å². The molecule has 0 fully saturated rings. The number of para-hydroxylation sites is 1. The van der Waals surface area contributed by atoms with E-state index in [2.05, 4.69) is 12.1 Å². The highest BCUT2D eigenvalue weighted by Gasteiger charge is 2.24. The van der Waals surface area contributed by atoms with Crippen LogP contribution in [0.2, 0.25) is 0 Å². The Balaban J connectivity index is 2.02. The van der Waals surface area contributed by atoms with Crippen molar-refractivity contribution in [1.82, 2.24) is 0 Å². The predicted molar refractivity (Wildman–Crippen MR) is 88.8 cm³/mol. The lowest BCUT2D eigenvalue weighted by atomic mass is 10.1. The molecule has 1 aliphatic heterocycles. The minimum Gasteiger partial charge on any atom is -0.496 e. The molecule has 0 radical (unpaired) electrons. The van der Waals surface area contributed by atoms with E-state index in [9.17, 15) is 4.79 Å². The number of carbonyl (C=O) groups is 1. The second-order valence-electron chi connectivity index (χ2n) is 5.57. The van der Waals surface area contributed by atoms with Crippen LogP contribution in [0.25, 0.3) is 0 Å². The van der Waals surface area contributed by atoms with E-state index in [0.29, 0.717) is 23.4 Å². The van der Waals surface area contributed by atoms with Gasteiger partial charge in [0, 0.05) is 12.2 Å². The SMILES string of the molecule is COc1cc(C#N)ccc1C(=O)N1CCCCc2ccccc21. The monoisotopic (exact) mass is 306 g/mol. The average Bonchev–Trinajstić information content (AvgIpc) is 2.83. The van der Waals surface area contributed by atoms with Crippen LogP contribution >= 0.6 is 0 Å². The minimum atomic E-state index is -0.0827. The number of fused-ring (bicyclic) bond motifs is 1. The van der Waals surface area contributed by atoms with Gasteiger partial charge in [-0.1, -0.05) is 18.2 Å². The Morgan fingerprint density at radius 3 is 2.83 bits per heavy atom. The van der Waals surface area contributed by atoms with Crippen LogP contribution < -0.4 is 9.64 Å². The second kappa shape index (κ2) is 6.53. The standard InChI is InChI=1S/C19H18N2O2/c1-23-18-12-14(13-20)9-10-16(18)19(22)21-11-5-4-7-15-6-2-3-8-17(15)21/h2-3,6,8-10,12H,4-5,7,11H2,1H3. The molecule has 0 aromatic heterocycles. The van der Waals surface area contributed by atoms with Crippen molar-refractivity contribution in [2.24, 2.45) is 0 Å². The summed E-state index contributed by atoms with van der Waals surface area (Å²) >= 11 is 0. The molecule has 2 aromatic rings. The van der Waals surface area contributed by atoms with Gasteiger partial charge in [-0.2, -0.15) is 5.26 Å². The van der Waals surface area contributed by atoms with Crippen LogP contribution in [0.15, 0.2) is 42.5 Å². The van der Waals surface area contributed by atoms with Crippen molar-refractivity contribution in [3.05, 3.63) is 59.2 Å². The van der Waals surface area contributed by atoms with Crippen molar-refractivity contribution < 1.29 is 9.53 Å². The number of anilines is 1. The summed E-state index contributed by atoms with van der Waals surface area (Å²) < 4.78 is 5.32. The molecule has 1 heterocycles. The number of nitriles is 1. The molecule has 1 aliphatic rings. The Morgan fingerprint density at radius 2 is 2.04 bits per heavy atom. The molecule has 0 saturated carbocycles. The van der Waals surface area contributed by atoms with Gasteiger partial charge in [0.1, 0.15) is 5.75 Å². The van der Waals surface area contributed by atoms with E-state index in [1.165, 1.54) is 12.7 Å². The van der Waals surface area contributed by atoms with Gasteiger partial charge >= 0.3 is 0 Å². The van der Waals surface area contributed by atoms with Gasteiger partial charge < -0.3 is 9.64 Å². The van der Waals surface area contributed by atoms with Crippen LogP contribution in [0.1, 0.15) is 34.3 Å². The Bertz CT molecular complexity index is 777. The summed E-state index contributed by atoms with van der Waals surface area (Å²) in [4.78, 5) is 14.9. The van der Waals surface area contributed by atoms with Gasteiger partial charge in [-0.25, -0.2) is 0 Å². The fourth-order valence-corrected chi connectivity index (χ4v) is 2.99. The summed E-state index contributed by atoms with van der Waals surface area (Å²) in [5.74, 6) is 0.358. The third-order valence-electron chi connectivity index (χ3n) is 4.17. The van der Waals surface area contributed by atoms with Crippen molar-refractivity contribution in [1.29, 1.82) is 5.26 Å². The Morgan fingerprint density at radius 1 is 1.22 bits per heavy atom. The zero-order chi connectivity index (χ0) is 16.2. The molecule has 0 aliphatic carbocycles. The van der Waals surface area contributed by atoms with E-state index >= 15 is 0 Å². The quantitative estimate of drug-likeness (QED) is 0.852. The van der Waals surface area contributed by atoms with Gasteiger partial charge in [0.2, 0.25) is 0 Å². The van der Waals surface area contributed by atoms with E-state index in [0.717, 1.165) is 24.9 Å². The first-order chi connectivity index (χ1) is 11.2. The number of amides is 1. The summed E-state index contributed by atoms with van der Waals surface area (Å²) in [5, 5.41) is 9.00. The zero-order valence-electron chi connectivity index (χ0n) is 13.1. The van der Waals surface area contributed by atoms with E-state index < -0.39 is 0 Å². The summed E-state index contributed by atoms with van der Waals surface area (Å²) in [7, 11) is 1.52. The zero-order valence-corrected chi connectivity index (χ0v) is 13.1. The summed E-state index contributed by atoms with van der Waals surface area (Å²) in [6.45, 7) is 0.693. The van der Waals surface area contributed by atoms with Crippen molar-refractivity contribution >= 4 is 11.6 Å². The molecule has 4 heteroatoms. The fraction of sp³-hybridized carbons (Fsp3) is 0.263. The van der Waals surface area contributed by atoms with Crippen LogP contribution in [0.3, 0.4) is 0 Å². The molecule has 0 N–H and O–H groups in total. The molecular formula is C19H18N2O2. The summed E-state index contributed by atoms with van der Waals surface area (Å²) in [5.41, 5.74) is 3.14. The lowest BCUT2D eigenvalue weighted by Gasteiger charge is -2.23. The van der Waals surface area contributed by atoms with Gasteiger partial charge in [-0.15, -0.1) is 0 Å². The second-order valence-corrected chi connectivity index (χ2v) is 5.57. The summed E-state index contributed by atoms with van der Waals surface area (Å²) in [6, 6.07) is 15.0. The van der Waals surface area contributed by atoms with E-state index in [1.54, 1.807) is 18.2 Å². The van der Waals surface area contributed by atoms with Gasteiger partial charge in [0.15, 0.2) is 0 Å². The molecule has 0 atom stereocenters. The lowest BCUT2D eigenvalue weighted by molar-refractivity contribution is 0.0984. The molecule has 4 nitrogen and oxygen atoms in total. The Kier molecular flexibility index (Phi) is 4.29. The first-order valence-electron chi connectivity index (χ1n) is 7.72. The lowest BCUT2D eigenvalue weighted by Crippen LogP contribution is -2.32. The maximum absolute atomic E-state index is 13.1. The Hall–Kier alpha value is -2.80. The van der Waals surface area contributed by atoms with Crippen molar-refractivity contribution in [2.45, 2.75) is 19.3 Å². The number of ether oxygens (including phenoxy) is 1.